The summed E-state index contributed by atoms with van der Waals surface area (Å²) in [4.78, 5) is 2.13. The van der Waals surface area contributed by atoms with Gasteiger partial charge < -0.3 is 10.2 Å². The molecule has 0 spiro atoms. The highest BCUT2D eigenvalue weighted by atomic mass is 15.1. The van der Waals surface area contributed by atoms with Gasteiger partial charge in [0.25, 0.3) is 0 Å². The highest BCUT2D eigenvalue weighted by Gasteiger charge is 2.29. The van der Waals surface area contributed by atoms with E-state index in [-0.39, 0.29) is 0 Å². The highest BCUT2D eigenvalue weighted by molar-refractivity contribution is 5.45. The smallest absolute Gasteiger partial charge is 0.0361 e. The molecule has 0 radical (unpaired) electrons. The predicted octanol–water partition coefficient (Wildman–Crippen LogP) is 3.79. The Morgan fingerprint density at radius 2 is 1.62 bits per heavy atom. The van der Waals surface area contributed by atoms with E-state index in [4.69, 9.17) is 0 Å². The first kappa shape index (κ1) is 14.2. The molecule has 0 saturated heterocycles. The lowest BCUT2D eigenvalue weighted by atomic mass is 9.76. The van der Waals surface area contributed by atoms with Gasteiger partial charge in [-0.1, -0.05) is 42.5 Å². The number of nitrogens with zero attached hydrogens (tertiary/aromatic N) is 1. The Kier molecular flexibility index (Phi) is 4.26. The highest BCUT2D eigenvalue weighted by Crippen LogP contribution is 2.36. The molecule has 1 aliphatic carbocycles. The van der Waals surface area contributed by atoms with Crippen LogP contribution in [0.15, 0.2) is 54.6 Å². The van der Waals surface area contributed by atoms with Gasteiger partial charge in [-0.15, -0.1) is 0 Å². The molecular weight excluding hydrogens is 256 g/mol. The van der Waals surface area contributed by atoms with E-state index < -0.39 is 0 Å². The van der Waals surface area contributed by atoms with Crippen molar-refractivity contribution in [2.75, 3.05) is 19.0 Å². The van der Waals surface area contributed by atoms with Gasteiger partial charge in [0.2, 0.25) is 0 Å². The van der Waals surface area contributed by atoms with Crippen LogP contribution in [0.2, 0.25) is 0 Å². The molecule has 0 heterocycles. The van der Waals surface area contributed by atoms with Crippen LogP contribution in [0.3, 0.4) is 0 Å². The summed E-state index contributed by atoms with van der Waals surface area (Å²) in [5.41, 5.74) is 4.11. The first-order chi connectivity index (χ1) is 10.2. The van der Waals surface area contributed by atoms with Gasteiger partial charge in [-0.3, -0.25) is 0 Å². The molecule has 0 aliphatic heterocycles. The zero-order valence-electron chi connectivity index (χ0n) is 12.9. The Bertz CT molecular complexity index is 554. The van der Waals surface area contributed by atoms with Gasteiger partial charge in [-0.05, 0) is 42.0 Å². The SMILES string of the molecule is CN(C)c1ccc(CNC2CC(c3ccccc3)C2)cc1. The molecule has 0 unspecified atom stereocenters. The van der Waals surface area contributed by atoms with Gasteiger partial charge in [0.1, 0.15) is 0 Å². The van der Waals surface area contributed by atoms with Crippen LogP contribution in [0.1, 0.15) is 29.9 Å². The predicted molar refractivity (Wildman–Crippen MR) is 89.8 cm³/mol. The normalized spacial score (nSPS) is 20.9. The first-order valence-electron chi connectivity index (χ1n) is 7.77. The Balaban J connectivity index is 1.45. The van der Waals surface area contributed by atoms with Crippen LogP contribution >= 0.6 is 0 Å². The topological polar surface area (TPSA) is 15.3 Å². The van der Waals surface area contributed by atoms with E-state index in [0.29, 0.717) is 6.04 Å². The van der Waals surface area contributed by atoms with E-state index in [1.54, 1.807) is 0 Å². The van der Waals surface area contributed by atoms with Crippen LogP contribution in [0.25, 0.3) is 0 Å². The summed E-state index contributed by atoms with van der Waals surface area (Å²) in [6.07, 6.45) is 2.53. The zero-order chi connectivity index (χ0) is 14.7. The molecule has 2 heteroatoms. The van der Waals surface area contributed by atoms with Crippen molar-refractivity contribution in [1.82, 2.24) is 5.32 Å². The fourth-order valence-corrected chi connectivity index (χ4v) is 2.96. The fourth-order valence-electron chi connectivity index (χ4n) is 2.96. The van der Waals surface area contributed by atoms with Crippen molar-refractivity contribution in [3.63, 3.8) is 0 Å². The van der Waals surface area contributed by atoms with E-state index in [9.17, 15) is 0 Å². The summed E-state index contributed by atoms with van der Waals surface area (Å²) in [6, 6.07) is 20.4. The minimum absolute atomic E-state index is 0.670. The van der Waals surface area contributed by atoms with Crippen molar-refractivity contribution in [2.45, 2.75) is 31.3 Å². The van der Waals surface area contributed by atoms with Gasteiger partial charge in [-0.25, -0.2) is 0 Å². The maximum absolute atomic E-state index is 3.67. The quantitative estimate of drug-likeness (QED) is 0.896. The zero-order valence-corrected chi connectivity index (χ0v) is 12.9. The first-order valence-corrected chi connectivity index (χ1v) is 7.77. The Labute approximate surface area is 127 Å². The van der Waals surface area contributed by atoms with Gasteiger partial charge in [0, 0.05) is 32.4 Å². The molecular formula is C19H24N2. The molecule has 0 aromatic heterocycles. The summed E-state index contributed by atoms with van der Waals surface area (Å²) in [5, 5.41) is 3.67. The van der Waals surface area contributed by atoms with E-state index in [0.717, 1.165) is 12.5 Å². The standard InChI is InChI=1S/C19H24N2/c1-21(2)19-10-8-15(9-11-19)14-20-18-12-17(13-18)16-6-4-3-5-7-16/h3-11,17-18,20H,12-14H2,1-2H3. The number of rotatable bonds is 5. The summed E-state index contributed by atoms with van der Waals surface area (Å²) in [6.45, 7) is 0.972. The maximum Gasteiger partial charge on any atom is 0.0361 e. The molecule has 110 valence electrons. The Morgan fingerprint density at radius 1 is 0.952 bits per heavy atom. The number of benzene rings is 2. The summed E-state index contributed by atoms with van der Waals surface area (Å²) in [5.74, 6) is 0.750. The molecule has 1 N–H and O–H groups in total. The summed E-state index contributed by atoms with van der Waals surface area (Å²) in [7, 11) is 4.15. The third kappa shape index (κ3) is 3.45. The third-order valence-corrected chi connectivity index (χ3v) is 4.46. The van der Waals surface area contributed by atoms with Crippen LogP contribution < -0.4 is 10.2 Å². The Hall–Kier alpha value is -1.80. The second-order valence-corrected chi connectivity index (χ2v) is 6.22. The van der Waals surface area contributed by atoms with E-state index in [1.807, 2.05) is 0 Å². The van der Waals surface area contributed by atoms with Crippen LogP contribution in [0, 0.1) is 0 Å². The van der Waals surface area contributed by atoms with Gasteiger partial charge in [0.05, 0.1) is 0 Å². The summed E-state index contributed by atoms with van der Waals surface area (Å²) >= 11 is 0. The van der Waals surface area contributed by atoms with Crippen LogP contribution in [0.4, 0.5) is 5.69 Å². The number of hydrogen-bond donors (Lipinski definition) is 1. The average Bonchev–Trinajstić information content (AvgIpc) is 2.47. The molecule has 0 bridgehead atoms. The van der Waals surface area contributed by atoms with Crippen LogP contribution in [0.5, 0.6) is 0 Å². The van der Waals surface area contributed by atoms with E-state index in [2.05, 4.69) is 78.9 Å². The summed E-state index contributed by atoms with van der Waals surface area (Å²) < 4.78 is 0. The molecule has 2 aromatic rings. The fraction of sp³-hybridized carbons (Fsp3) is 0.368. The second kappa shape index (κ2) is 6.31. The van der Waals surface area contributed by atoms with Crippen molar-refractivity contribution >= 4 is 5.69 Å². The van der Waals surface area contributed by atoms with Crippen LogP contribution in [-0.4, -0.2) is 20.1 Å². The van der Waals surface area contributed by atoms with E-state index in [1.165, 1.54) is 29.7 Å². The average molecular weight is 280 g/mol. The molecule has 0 atom stereocenters. The van der Waals surface area contributed by atoms with Crippen molar-refractivity contribution < 1.29 is 0 Å². The monoisotopic (exact) mass is 280 g/mol. The molecule has 1 saturated carbocycles. The molecule has 2 aromatic carbocycles. The van der Waals surface area contributed by atoms with Crippen molar-refractivity contribution in [3.8, 4) is 0 Å². The molecule has 1 aliphatic rings. The van der Waals surface area contributed by atoms with Gasteiger partial charge in [-0.2, -0.15) is 0 Å². The molecule has 2 nitrogen and oxygen atoms in total. The Morgan fingerprint density at radius 3 is 2.24 bits per heavy atom. The second-order valence-electron chi connectivity index (χ2n) is 6.22. The number of hydrogen-bond acceptors (Lipinski definition) is 2. The lowest BCUT2D eigenvalue weighted by molar-refractivity contribution is 0.289. The van der Waals surface area contributed by atoms with Crippen molar-refractivity contribution in [1.29, 1.82) is 0 Å². The van der Waals surface area contributed by atoms with Crippen molar-refractivity contribution in [2.24, 2.45) is 0 Å². The third-order valence-electron chi connectivity index (χ3n) is 4.46. The van der Waals surface area contributed by atoms with Crippen molar-refractivity contribution in [3.05, 3.63) is 65.7 Å². The number of nitrogens with one attached hydrogen (secondary N) is 1. The van der Waals surface area contributed by atoms with Gasteiger partial charge in [0.15, 0.2) is 0 Å². The molecule has 21 heavy (non-hydrogen) atoms. The van der Waals surface area contributed by atoms with Gasteiger partial charge >= 0.3 is 0 Å². The maximum atomic E-state index is 3.67. The van der Waals surface area contributed by atoms with Crippen LogP contribution in [-0.2, 0) is 6.54 Å². The lowest BCUT2D eigenvalue weighted by Gasteiger charge is -2.36. The molecule has 3 rings (SSSR count). The molecule has 1 fully saturated rings. The molecule has 0 amide bonds. The lowest BCUT2D eigenvalue weighted by Crippen LogP contribution is -2.39. The largest absolute Gasteiger partial charge is 0.378 e. The minimum atomic E-state index is 0.670. The van der Waals surface area contributed by atoms with E-state index >= 15 is 0 Å². The number of anilines is 1. The minimum Gasteiger partial charge on any atom is -0.378 e.